The van der Waals surface area contributed by atoms with Crippen molar-refractivity contribution in [2.75, 3.05) is 19.6 Å². The molecule has 124 valence electrons. The van der Waals surface area contributed by atoms with Gasteiger partial charge in [-0.05, 0) is 36.4 Å². The monoisotopic (exact) mass is 340 g/mol. The third-order valence-corrected chi connectivity index (χ3v) is 5.33. The molecule has 1 unspecified atom stereocenters. The van der Waals surface area contributed by atoms with E-state index in [0.717, 1.165) is 32.6 Å². The van der Waals surface area contributed by atoms with Crippen LogP contribution in [0.25, 0.3) is 10.9 Å². The topological polar surface area (TPSA) is 61.0 Å². The second-order valence-corrected chi connectivity index (χ2v) is 7.23. The van der Waals surface area contributed by atoms with Gasteiger partial charge in [-0.15, -0.1) is 11.3 Å². The van der Waals surface area contributed by atoms with Gasteiger partial charge in [0.25, 0.3) is 5.91 Å². The van der Waals surface area contributed by atoms with Gasteiger partial charge in [-0.3, -0.25) is 14.7 Å². The first-order valence-corrected chi connectivity index (χ1v) is 9.11. The van der Waals surface area contributed by atoms with Crippen LogP contribution in [0.5, 0.6) is 0 Å². The van der Waals surface area contributed by atoms with Crippen LogP contribution in [0.15, 0.2) is 42.0 Å². The molecule has 5 nitrogen and oxygen atoms in total. The number of carbonyl (C=O) groups is 1. The average molecular weight is 340 g/mol. The lowest BCUT2D eigenvalue weighted by Crippen LogP contribution is -2.30. The number of hydrogen-bond donors (Lipinski definition) is 2. The van der Waals surface area contributed by atoms with Crippen LogP contribution in [0, 0.1) is 5.92 Å². The molecule has 2 N–H and O–H groups in total. The van der Waals surface area contributed by atoms with Gasteiger partial charge in [-0.2, -0.15) is 0 Å². The third-order valence-electron chi connectivity index (χ3n) is 4.56. The van der Waals surface area contributed by atoms with E-state index in [2.05, 4.69) is 50.5 Å². The first kappa shape index (κ1) is 15.4. The van der Waals surface area contributed by atoms with E-state index in [1.165, 1.54) is 27.9 Å². The van der Waals surface area contributed by atoms with Gasteiger partial charge in [-0.25, -0.2) is 0 Å². The highest BCUT2D eigenvalue weighted by atomic mass is 32.1. The molecule has 0 bridgehead atoms. The number of hydrogen-bond acceptors (Lipinski definition) is 4. The van der Waals surface area contributed by atoms with Crippen molar-refractivity contribution in [3.05, 3.63) is 52.6 Å². The largest absolute Gasteiger partial charge is 0.357 e. The van der Waals surface area contributed by atoms with E-state index in [0.29, 0.717) is 10.8 Å². The quantitative estimate of drug-likeness (QED) is 0.751. The lowest BCUT2D eigenvalue weighted by molar-refractivity contribution is 0.0951. The average Bonchev–Trinajstić information content (AvgIpc) is 3.33. The van der Waals surface area contributed by atoms with Crippen LogP contribution in [0.4, 0.5) is 0 Å². The highest BCUT2D eigenvalue weighted by Crippen LogP contribution is 2.21. The minimum absolute atomic E-state index is 0.00781. The number of fused-ring (bicyclic) bond motifs is 1. The summed E-state index contributed by atoms with van der Waals surface area (Å²) in [7, 11) is 0. The summed E-state index contributed by atoms with van der Waals surface area (Å²) in [5.41, 5.74) is 4.14. The standard InChI is InChI=1S/C18H20N4OS/c23-18(17-9-19-12-24-17)20-8-13-5-6-22(10-13)11-15-7-14-3-1-2-4-16(14)21-15/h1-4,7,9,12-13,21H,5-6,8,10-11H2,(H,20,23). The van der Waals surface area contributed by atoms with E-state index in [1.807, 2.05) is 0 Å². The van der Waals surface area contributed by atoms with Crippen molar-refractivity contribution in [3.8, 4) is 0 Å². The lowest BCUT2D eigenvalue weighted by atomic mass is 10.1. The highest BCUT2D eigenvalue weighted by molar-refractivity contribution is 7.11. The van der Waals surface area contributed by atoms with Gasteiger partial charge in [0.15, 0.2) is 0 Å². The summed E-state index contributed by atoms with van der Waals surface area (Å²) < 4.78 is 0. The Balaban J connectivity index is 1.29. The number of benzene rings is 1. The van der Waals surface area contributed by atoms with Crippen molar-refractivity contribution in [1.29, 1.82) is 0 Å². The van der Waals surface area contributed by atoms with Crippen LogP contribution in [-0.2, 0) is 6.54 Å². The molecule has 1 atom stereocenters. The van der Waals surface area contributed by atoms with E-state index in [-0.39, 0.29) is 5.91 Å². The molecule has 3 aromatic rings. The molecule has 4 rings (SSSR count). The molecule has 1 amide bonds. The van der Waals surface area contributed by atoms with Crippen molar-refractivity contribution in [1.82, 2.24) is 20.2 Å². The van der Waals surface area contributed by atoms with Crippen molar-refractivity contribution in [2.24, 2.45) is 5.92 Å². The van der Waals surface area contributed by atoms with E-state index < -0.39 is 0 Å². The minimum atomic E-state index is -0.00781. The summed E-state index contributed by atoms with van der Waals surface area (Å²) in [6.07, 6.45) is 2.75. The molecule has 1 aliphatic rings. The molecule has 1 saturated heterocycles. The van der Waals surface area contributed by atoms with Gasteiger partial charge in [0, 0.05) is 30.8 Å². The molecule has 1 aromatic carbocycles. The number of nitrogens with zero attached hydrogens (tertiary/aromatic N) is 2. The Labute approximate surface area is 144 Å². The lowest BCUT2D eigenvalue weighted by Gasteiger charge is -2.15. The van der Waals surface area contributed by atoms with E-state index in [1.54, 1.807) is 11.7 Å². The number of nitrogens with one attached hydrogen (secondary N) is 2. The fraction of sp³-hybridized carbons (Fsp3) is 0.333. The minimum Gasteiger partial charge on any atom is -0.357 e. The Kier molecular flexibility index (Phi) is 4.32. The maximum Gasteiger partial charge on any atom is 0.263 e. The number of likely N-dealkylation sites (tertiary alicyclic amines) is 1. The number of H-pyrrole nitrogens is 1. The fourth-order valence-electron chi connectivity index (χ4n) is 3.33. The molecule has 0 aliphatic carbocycles. The second-order valence-electron chi connectivity index (χ2n) is 6.35. The molecule has 6 heteroatoms. The van der Waals surface area contributed by atoms with Crippen molar-refractivity contribution in [3.63, 3.8) is 0 Å². The number of aromatic nitrogens is 2. The highest BCUT2D eigenvalue weighted by Gasteiger charge is 2.23. The van der Waals surface area contributed by atoms with Crippen LogP contribution in [-0.4, -0.2) is 40.4 Å². The number of rotatable bonds is 5. The van der Waals surface area contributed by atoms with Gasteiger partial charge >= 0.3 is 0 Å². The van der Waals surface area contributed by atoms with E-state index >= 15 is 0 Å². The predicted octanol–water partition coefficient (Wildman–Crippen LogP) is 2.88. The maximum atomic E-state index is 12.0. The van der Waals surface area contributed by atoms with Crippen LogP contribution >= 0.6 is 11.3 Å². The molecule has 2 aromatic heterocycles. The van der Waals surface area contributed by atoms with Crippen LogP contribution in [0.3, 0.4) is 0 Å². The third kappa shape index (κ3) is 3.34. The number of thiazole rings is 1. The summed E-state index contributed by atoms with van der Waals surface area (Å²) in [4.78, 5) is 22.5. The van der Waals surface area contributed by atoms with Gasteiger partial charge in [0.2, 0.25) is 0 Å². The van der Waals surface area contributed by atoms with Crippen molar-refractivity contribution >= 4 is 28.1 Å². The Bertz CT molecular complexity index is 794. The molecular formula is C18H20N4OS. The molecule has 0 spiro atoms. The van der Waals surface area contributed by atoms with Gasteiger partial charge in [0.1, 0.15) is 4.88 Å². The number of amides is 1. The smallest absolute Gasteiger partial charge is 0.263 e. The van der Waals surface area contributed by atoms with Crippen LogP contribution in [0.1, 0.15) is 21.8 Å². The molecular weight excluding hydrogens is 320 g/mol. The Hall–Kier alpha value is -2.18. The summed E-state index contributed by atoms with van der Waals surface area (Å²) in [6, 6.07) is 10.6. The molecule has 0 radical (unpaired) electrons. The van der Waals surface area contributed by atoms with Gasteiger partial charge in [-0.1, -0.05) is 18.2 Å². The Morgan fingerprint density at radius 1 is 1.42 bits per heavy atom. The van der Waals surface area contributed by atoms with Crippen LogP contribution < -0.4 is 5.32 Å². The maximum absolute atomic E-state index is 12.0. The fourth-order valence-corrected chi connectivity index (χ4v) is 3.87. The van der Waals surface area contributed by atoms with Crippen molar-refractivity contribution < 1.29 is 4.79 Å². The summed E-state index contributed by atoms with van der Waals surface area (Å²) >= 11 is 1.38. The van der Waals surface area contributed by atoms with Crippen molar-refractivity contribution in [2.45, 2.75) is 13.0 Å². The zero-order valence-electron chi connectivity index (χ0n) is 13.4. The Morgan fingerprint density at radius 2 is 2.33 bits per heavy atom. The summed E-state index contributed by atoms with van der Waals surface area (Å²) in [5.74, 6) is 0.512. The first-order chi connectivity index (χ1) is 11.8. The SMILES string of the molecule is O=C(NCC1CCN(Cc2cc3ccccc3[nH]2)C1)c1cncs1. The van der Waals surface area contributed by atoms with E-state index in [4.69, 9.17) is 0 Å². The number of para-hydroxylation sites is 1. The molecule has 1 aliphatic heterocycles. The molecule has 0 saturated carbocycles. The van der Waals surface area contributed by atoms with Crippen LogP contribution in [0.2, 0.25) is 0 Å². The molecule has 3 heterocycles. The second kappa shape index (κ2) is 6.75. The summed E-state index contributed by atoms with van der Waals surface area (Å²) in [6.45, 7) is 3.78. The summed E-state index contributed by atoms with van der Waals surface area (Å²) in [5, 5.41) is 4.29. The Morgan fingerprint density at radius 3 is 3.17 bits per heavy atom. The molecule has 1 fully saturated rings. The number of aromatic amines is 1. The normalized spacial score (nSPS) is 18.2. The van der Waals surface area contributed by atoms with Gasteiger partial charge < -0.3 is 10.3 Å². The van der Waals surface area contributed by atoms with Gasteiger partial charge in [0.05, 0.1) is 11.7 Å². The first-order valence-electron chi connectivity index (χ1n) is 8.23. The van der Waals surface area contributed by atoms with E-state index in [9.17, 15) is 4.79 Å². The predicted molar refractivity (Wildman–Crippen MR) is 96.1 cm³/mol. The number of carbonyl (C=O) groups excluding carboxylic acids is 1. The molecule has 24 heavy (non-hydrogen) atoms. The zero-order valence-corrected chi connectivity index (χ0v) is 14.2. The zero-order chi connectivity index (χ0) is 16.4.